The number of allylic oxidation sites excluding steroid dienone is 6. The average molecular weight is 501 g/mol. The number of hydrogen-bond acceptors (Lipinski definition) is 3. The summed E-state index contributed by atoms with van der Waals surface area (Å²) < 4.78 is 5.31. The van der Waals surface area contributed by atoms with E-state index in [1.165, 1.54) is 36.0 Å². The van der Waals surface area contributed by atoms with E-state index in [1.54, 1.807) is 22.8 Å². The largest absolute Gasteiger partial charge is 0.386 e. The Hall–Kier alpha value is -1.90. The van der Waals surface area contributed by atoms with Gasteiger partial charge in [-0.25, -0.2) is 9.59 Å². The first-order chi connectivity index (χ1) is 17.1. The molecular weight excluding hydrogens is 456 g/mol. The van der Waals surface area contributed by atoms with Crippen molar-refractivity contribution in [1.29, 1.82) is 0 Å². The van der Waals surface area contributed by atoms with Gasteiger partial charge in [0.1, 0.15) is 0 Å². The van der Waals surface area contributed by atoms with Gasteiger partial charge in [0.05, 0.1) is 5.57 Å². The van der Waals surface area contributed by atoms with E-state index in [0.29, 0.717) is 34.7 Å². The quantitative estimate of drug-likeness (QED) is 0.225. The fourth-order valence-electron chi connectivity index (χ4n) is 11.4. The van der Waals surface area contributed by atoms with Gasteiger partial charge in [-0.15, -0.1) is 0 Å². The van der Waals surface area contributed by atoms with Crippen LogP contribution in [0.25, 0.3) is 0 Å². The van der Waals surface area contributed by atoms with Crippen LogP contribution in [0.15, 0.2) is 45.1 Å². The van der Waals surface area contributed by atoms with E-state index >= 15 is 0 Å². The van der Waals surface area contributed by atoms with Crippen LogP contribution in [0, 0.1) is 50.7 Å². The molecule has 1 heterocycles. The molecule has 0 aromatic heterocycles. The standard InChI is InChI=1S/C34H44O3/c1-17-23-10-20(30(23,4)5)11-24(17)33(15-21-12-25(18(33)2)31(21,6)7)34(27-14-28(35)37-29(27)36)16-22-13-26(19(34)3)32(22,8)9/h14,20-22,24H,10-13,15-16H2,1-9H3. The second-order valence-corrected chi connectivity index (χ2v) is 15.6. The van der Waals surface area contributed by atoms with Crippen LogP contribution < -0.4 is 0 Å². The summed E-state index contributed by atoms with van der Waals surface area (Å²) in [4.78, 5) is 26.3. The molecule has 9 aliphatic carbocycles. The Morgan fingerprint density at radius 3 is 1.73 bits per heavy atom. The molecule has 0 amide bonds. The molecule has 0 N–H and O–H groups in total. The minimum absolute atomic E-state index is 0.171. The van der Waals surface area contributed by atoms with E-state index in [0.717, 1.165) is 19.3 Å². The molecule has 3 saturated carbocycles. The molecule has 0 saturated heterocycles. The van der Waals surface area contributed by atoms with Crippen molar-refractivity contribution in [2.45, 2.75) is 101 Å². The van der Waals surface area contributed by atoms with Crippen molar-refractivity contribution in [2.24, 2.45) is 50.7 Å². The van der Waals surface area contributed by atoms with Crippen LogP contribution in [-0.4, -0.2) is 11.9 Å². The van der Waals surface area contributed by atoms with Crippen LogP contribution in [0.2, 0.25) is 0 Å². The summed E-state index contributed by atoms with van der Waals surface area (Å²) in [6.45, 7) is 21.7. The molecule has 198 valence electrons. The Morgan fingerprint density at radius 1 is 0.730 bits per heavy atom. The number of esters is 2. The van der Waals surface area contributed by atoms with Crippen LogP contribution in [0.3, 0.4) is 0 Å². The minimum atomic E-state index is -0.472. The Bertz CT molecular complexity index is 1330. The van der Waals surface area contributed by atoms with Crippen molar-refractivity contribution >= 4 is 11.9 Å². The van der Waals surface area contributed by atoms with Crippen molar-refractivity contribution < 1.29 is 14.3 Å². The normalized spacial score (nSPS) is 44.2. The zero-order valence-corrected chi connectivity index (χ0v) is 24.4. The number of ether oxygens (including phenoxy) is 1. The molecule has 0 aromatic rings. The second-order valence-electron chi connectivity index (χ2n) is 15.6. The van der Waals surface area contributed by atoms with E-state index in [2.05, 4.69) is 62.3 Å². The van der Waals surface area contributed by atoms with Gasteiger partial charge in [0.2, 0.25) is 0 Å². The third kappa shape index (κ3) is 2.40. The van der Waals surface area contributed by atoms with Crippen LogP contribution in [0.1, 0.15) is 101 Å². The SMILES string of the molecule is CC1=C2CC(CC1C1(C3(C4=CC(=O)OC4=O)CC4CC(=C3C)C4(C)C)CC3CC(=C1C)C3(C)C)C2(C)C. The zero-order chi connectivity index (χ0) is 26.7. The molecule has 1 aliphatic heterocycles. The van der Waals surface area contributed by atoms with Gasteiger partial charge in [0.25, 0.3) is 0 Å². The monoisotopic (exact) mass is 500 g/mol. The lowest BCUT2D eigenvalue weighted by molar-refractivity contribution is -0.152. The third-order valence-corrected chi connectivity index (χ3v) is 14.1. The van der Waals surface area contributed by atoms with Crippen LogP contribution in [0.5, 0.6) is 0 Å². The smallest absolute Gasteiger partial charge is 0.343 e. The first kappa shape index (κ1) is 24.2. The summed E-state index contributed by atoms with van der Waals surface area (Å²) in [5.74, 6) is 1.39. The van der Waals surface area contributed by atoms with Gasteiger partial charge in [0.15, 0.2) is 0 Å². The van der Waals surface area contributed by atoms with E-state index in [1.807, 2.05) is 0 Å². The highest BCUT2D eigenvalue weighted by atomic mass is 16.6. The Morgan fingerprint density at radius 2 is 1.27 bits per heavy atom. The summed E-state index contributed by atoms with van der Waals surface area (Å²) in [5.41, 5.74) is 10.0. The molecule has 6 unspecified atom stereocenters. The number of carbonyl (C=O) groups is 2. The maximum Gasteiger partial charge on any atom is 0.343 e. The maximum absolute atomic E-state index is 13.6. The first-order valence-electron chi connectivity index (χ1n) is 14.7. The van der Waals surface area contributed by atoms with E-state index in [9.17, 15) is 9.59 Å². The van der Waals surface area contributed by atoms with Crippen molar-refractivity contribution in [3.8, 4) is 0 Å². The summed E-state index contributed by atoms with van der Waals surface area (Å²) in [5, 5.41) is 0. The number of cyclic esters (lactones) is 2. The molecule has 37 heavy (non-hydrogen) atoms. The summed E-state index contributed by atoms with van der Waals surface area (Å²) >= 11 is 0. The van der Waals surface area contributed by atoms with Gasteiger partial charge in [-0.2, -0.15) is 0 Å². The van der Waals surface area contributed by atoms with E-state index in [-0.39, 0.29) is 22.2 Å². The fourth-order valence-corrected chi connectivity index (χ4v) is 11.4. The Kier molecular flexibility index (Phi) is 4.33. The Labute approximate surface area is 222 Å². The lowest BCUT2D eigenvalue weighted by Gasteiger charge is -2.72. The number of fused-ring (bicyclic) bond motifs is 8. The van der Waals surface area contributed by atoms with Gasteiger partial charge in [-0.05, 0) is 99.2 Å². The molecule has 10 aliphatic rings. The topological polar surface area (TPSA) is 43.4 Å². The highest BCUT2D eigenvalue weighted by molar-refractivity contribution is 6.10. The number of rotatable bonds is 3. The maximum atomic E-state index is 13.6. The van der Waals surface area contributed by atoms with Gasteiger partial charge in [-0.1, -0.05) is 75.0 Å². The fraction of sp³-hybridized carbons (Fsp3) is 0.706. The first-order valence-corrected chi connectivity index (χ1v) is 14.7. The van der Waals surface area contributed by atoms with E-state index < -0.39 is 11.4 Å². The van der Waals surface area contributed by atoms with Crippen molar-refractivity contribution in [1.82, 2.24) is 0 Å². The molecule has 3 nitrogen and oxygen atoms in total. The lowest BCUT2D eigenvalue weighted by atomic mass is 9.31. The van der Waals surface area contributed by atoms with Crippen molar-refractivity contribution in [3.63, 3.8) is 0 Å². The second kappa shape index (κ2) is 6.62. The van der Waals surface area contributed by atoms with E-state index in [4.69, 9.17) is 4.74 Å². The Balaban J connectivity index is 1.57. The van der Waals surface area contributed by atoms with Crippen LogP contribution in [0.4, 0.5) is 0 Å². The number of hydrogen-bond donors (Lipinski definition) is 0. The van der Waals surface area contributed by atoms with Gasteiger partial charge in [-0.3, -0.25) is 0 Å². The van der Waals surface area contributed by atoms with Crippen molar-refractivity contribution in [3.05, 3.63) is 45.1 Å². The van der Waals surface area contributed by atoms with Crippen molar-refractivity contribution in [2.75, 3.05) is 0 Å². The molecule has 10 rings (SSSR count). The molecule has 0 spiro atoms. The number of carbonyl (C=O) groups excluding carboxylic acids is 2. The third-order valence-electron chi connectivity index (χ3n) is 14.1. The summed E-state index contributed by atoms with van der Waals surface area (Å²) in [6, 6.07) is 0. The lowest BCUT2D eigenvalue weighted by Crippen LogP contribution is -2.64. The van der Waals surface area contributed by atoms with Gasteiger partial charge >= 0.3 is 11.9 Å². The highest BCUT2D eigenvalue weighted by Gasteiger charge is 2.72. The molecular formula is C34H44O3. The molecule has 3 heteroatoms. The predicted octanol–water partition coefficient (Wildman–Crippen LogP) is 7.88. The molecule has 0 aromatic carbocycles. The van der Waals surface area contributed by atoms with Crippen LogP contribution in [-0.2, 0) is 14.3 Å². The highest BCUT2D eigenvalue weighted by Crippen LogP contribution is 2.80. The summed E-state index contributed by atoms with van der Waals surface area (Å²) in [6.07, 6.45) is 8.42. The van der Waals surface area contributed by atoms with Gasteiger partial charge in [0, 0.05) is 16.9 Å². The molecule has 6 bridgehead atoms. The van der Waals surface area contributed by atoms with Crippen LogP contribution >= 0.6 is 0 Å². The van der Waals surface area contributed by atoms with Gasteiger partial charge < -0.3 is 4.74 Å². The molecule has 3 fully saturated rings. The zero-order valence-electron chi connectivity index (χ0n) is 24.4. The molecule has 0 radical (unpaired) electrons. The molecule has 6 atom stereocenters. The average Bonchev–Trinajstić information content (AvgIpc) is 3.16. The minimum Gasteiger partial charge on any atom is -0.386 e. The summed E-state index contributed by atoms with van der Waals surface area (Å²) in [7, 11) is 0. The predicted molar refractivity (Wildman–Crippen MR) is 145 cm³/mol.